The van der Waals surface area contributed by atoms with Crippen molar-refractivity contribution in [1.82, 2.24) is 45.9 Å². The SMILES string of the molecule is Cc1ncsc1-c1ccc([C@H](C)NC(=O)[C@@H]2C[C@@H](O)CN2C(=O)[C@@H](NC(=O)CNC(=O)CC(=O)N2CCN(C(=O)[C@@H](NC(=O)c3cc4cc(C(F)(F)P(=O)(O)O)ccc4s3)C(C)(C)C)[C@H](C(=O)N3CCO[C@H](c4ccccc4)C3)C2)C(C)(C)C)cc1. The van der Waals surface area contributed by atoms with Crippen LogP contribution in [0.5, 0.6) is 0 Å². The number of aliphatic hydroxyl groups excluding tert-OH is 1. The molecule has 2 aromatic heterocycles. The maximum Gasteiger partial charge on any atom is 0.399 e. The minimum Gasteiger partial charge on any atom is -0.391 e. The Morgan fingerprint density at radius 1 is 0.779 bits per heavy atom. The normalized spacial score (nSPS) is 19.8. The molecule has 86 heavy (non-hydrogen) atoms. The fraction of sp³-hybridized carbons (Fsp3) is 0.475. The van der Waals surface area contributed by atoms with Crippen molar-refractivity contribution in [3.05, 3.63) is 112 Å². The monoisotopic (exact) mass is 1250 g/mol. The van der Waals surface area contributed by atoms with Gasteiger partial charge in [0.15, 0.2) is 0 Å². The van der Waals surface area contributed by atoms with E-state index in [0.29, 0.717) is 4.70 Å². The highest BCUT2D eigenvalue weighted by Crippen LogP contribution is 2.59. The number of ether oxygens (including phenoxy) is 1. The first-order valence-electron chi connectivity index (χ1n) is 28.0. The smallest absolute Gasteiger partial charge is 0.391 e. The number of morpholine rings is 1. The van der Waals surface area contributed by atoms with Crippen LogP contribution < -0.4 is 21.3 Å². The van der Waals surface area contributed by atoms with E-state index in [-0.39, 0.29) is 62.6 Å². The number of nitrogens with one attached hydrogen (secondary N) is 4. The quantitative estimate of drug-likeness (QED) is 0.0464. The summed E-state index contributed by atoms with van der Waals surface area (Å²) in [6.07, 6.45) is -2.37. The number of nitrogens with zero attached hydrogens (tertiary/aromatic N) is 5. The lowest BCUT2D eigenvalue weighted by Crippen LogP contribution is -2.66. The van der Waals surface area contributed by atoms with Crippen molar-refractivity contribution in [2.24, 2.45) is 10.8 Å². The van der Waals surface area contributed by atoms with Crippen LogP contribution in [0.1, 0.15) is 106 Å². The van der Waals surface area contributed by atoms with Crippen molar-refractivity contribution in [3.63, 3.8) is 0 Å². The van der Waals surface area contributed by atoms with E-state index < -0.39 is 132 Å². The van der Waals surface area contributed by atoms with Gasteiger partial charge in [0, 0.05) is 42.9 Å². The lowest BCUT2D eigenvalue weighted by molar-refractivity contribution is -0.158. The number of fused-ring (bicyclic) bond motifs is 1. The molecule has 0 radical (unpaired) electrons. The van der Waals surface area contributed by atoms with Gasteiger partial charge in [-0.05, 0) is 65.0 Å². The summed E-state index contributed by atoms with van der Waals surface area (Å²) in [5, 5.41) is 21.7. The summed E-state index contributed by atoms with van der Waals surface area (Å²) in [5.41, 5.74) is -2.13. The van der Waals surface area contributed by atoms with Crippen LogP contribution in [0.15, 0.2) is 84.4 Å². The summed E-state index contributed by atoms with van der Waals surface area (Å²) in [6.45, 7) is 12.7. The number of hydrogen-bond acceptors (Lipinski definition) is 14. The summed E-state index contributed by atoms with van der Waals surface area (Å²) >= 11 is 2.42. The van der Waals surface area contributed by atoms with Crippen LogP contribution in [-0.2, 0) is 48.5 Å². The Bertz CT molecular complexity index is 3420. The first-order valence-corrected chi connectivity index (χ1v) is 31.3. The predicted molar refractivity (Wildman–Crippen MR) is 316 cm³/mol. The summed E-state index contributed by atoms with van der Waals surface area (Å²) in [7, 11) is -5.90. The Kier molecular flexibility index (Phi) is 19.7. The molecule has 5 aromatic rings. The number of carbonyl (C=O) groups is 8. The van der Waals surface area contributed by atoms with Crippen LogP contribution in [0.25, 0.3) is 20.5 Å². The molecule has 7 atom stereocenters. The standard InChI is InChI=1S/C59H72F2N9O13PS2/c1-33(35-14-16-37(17-15-35)49-34(2)63-32-85-49)64-52(75)41-26-40(71)29-70(41)56(79)50(57(3,4)5)65-47(73)28-62-46(72)27-48(74)67-20-21-69(42(30-67)54(77)68-22-23-83-43(31-68)36-12-10-9-11-13-36)55(78)51(58(6,7)8)66-53(76)45-25-38-24-39(18-19-44(38)86-45)59(60,61)84(80,81)82/h9-19,24-25,32-33,40-43,50-51,71H,20-23,26-31H2,1-8H3,(H,62,72)(H,64,75)(H,65,73)(H,66,76)(H2,80,81,82)/t33-,40+,41-,42-,43-,50+,51+/m0/s1. The molecule has 7 N–H and O–H groups in total. The number of benzene rings is 3. The zero-order chi connectivity index (χ0) is 62.8. The van der Waals surface area contributed by atoms with Crippen molar-refractivity contribution in [2.75, 3.05) is 52.4 Å². The van der Waals surface area contributed by atoms with Crippen molar-refractivity contribution in [2.45, 2.75) is 116 Å². The topological polar surface area (TPSA) is 298 Å². The molecule has 0 saturated carbocycles. The second-order valence-electron chi connectivity index (χ2n) is 24.0. The molecule has 0 aliphatic carbocycles. The third kappa shape index (κ3) is 14.8. The summed E-state index contributed by atoms with van der Waals surface area (Å²) < 4.78 is 47.3. The molecule has 462 valence electrons. The average molecular weight is 1250 g/mol. The Morgan fingerprint density at radius 3 is 2.08 bits per heavy atom. The first-order chi connectivity index (χ1) is 40.3. The molecule has 27 heteroatoms. The predicted octanol–water partition coefficient (Wildman–Crippen LogP) is 5.22. The number of likely N-dealkylation sites (tertiary alicyclic amines) is 1. The number of aromatic nitrogens is 1. The van der Waals surface area contributed by atoms with Crippen molar-refractivity contribution in [1.29, 1.82) is 0 Å². The number of rotatable bonds is 17. The highest BCUT2D eigenvalue weighted by molar-refractivity contribution is 7.52. The van der Waals surface area contributed by atoms with Gasteiger partial charge in [-0.2, -0.15) is 8.78 Å². The average Bonchev–Trinajstić information content (AvgIpc) is 1.61. The van der Waals surface area contributed by atoms with Crippen molar-refractivity contribution in [3.8, 4) is 10.4 Å². The number of amides is 8. The highest BCUT2D eigenvalue weighted by atomic mass is 32.1. The molecule has 22 nitrogen and oxygen atoms in total. The van der Waals surface area contributed by atoms with Gasteiger partial charge in [-0.1, -0.05) is 102 Å². The van der Waals surface area contributed by atoms with Gasteiger partial charge in [-0.15, -0.1) is 22.7 Å². The second kappa shape index (κ2) is 26.1. The molecule has 3 saturated heterocycles. The van der Waals surface area contributed by atoms with Crippen molar-refractivity contribution < 1.29 is 71.3 Å². The maximum atomic E-state index is 15.0. The molecular formula is C59H72F2N9O13PS2. The lowest BCUT2D eigenvalue weighted by Gasteiger charge is -2.45. The fourth-order valence-electron chi connectivity index (χ4n) is 10.7. The summed E-state index contributed by atoms with van der Waals surface area (Å²) in [4.78, 5) is 142. The number of alkyl halides is 2. The Labute approximate surface area is 504 Å². The van der Waals surface area contributed by atoms with E-state index in [1.165, 1.54) is 43.1 Å². The third-order valence-electron chi connectivity index (χ3n) is 15.5. The van der Waals surface area contributed by atoms with Gasteiger partial charge >= 0.3 is 13.3 Å². The molecule has 0 unspecified atom stereocenters. The van der Waals surface area contributed by atoms with Crippen LogP contribution in [0.2, 0.25) is 0 Å². The van der Waals surface area contributed by atoms with Gasteiger partial charge < -0.3 is 60.5 Å². The Morgan fingerprint density at radius 2 is 1.44 bits per heavy atom. The zero-order valence-electron chi connectivity index (χ0n) is 48.9. The molecule has 0 bridgehead atoms. The number of halogens is 2. The van der Waals surface area contributed by atoms with E-state index in [4.69, 9.17) is 4.74 Å². The van der Waals surface area contributed by atoms with Crippen LogP contribution in [-0.4, -0.2) is 169 Å². The second-order valence-corrected chi connectivity index (χ2v) is 27.6. The summed E-state index contributed by atoms with van der Waals surface area (Å²) in [6, 6.07) is 15.7. The third-order valence-corrected chi connectivity index (χ3v) is 18.6. The van der Waals surface area contributed by atoms with E-state index >= 15 is 0 Å². The van der Waals surface area contributed by atoms with Crippen LogP contribution in [0, 0.1) is 17.8 Å². The number of thiophene rings is 1. The molecular weight excluding hydrogens is 1180 g/mol. The lowest BCUT2D eigenvalue weighted by atomic mass is 9.85. The molecule has 5 heterocycles. The number of thiazole rings is 1. The van der Waals surface area contributed by atoms with Crippen LogP contribution in [0.4, 0.5) is 8.78 Å². The first kappa shape index (κ1) is 64.9. The van der Waals surface area contributed by atoms with Gasteiger partial charge in [0.2, 0.25) is 41.4 Å². The maximum absolute atomic E-state index is 15.0. The number of piperazine rings is 1. The molecule has 0 spiro atoms. The number of carbonyl (C=O) groups excluding carboxylic acids is 8. The minimum absolute atomic E-state index is 0.00925. The Balaban J connectivity index is 0.919. The van der Waals surface area contributed by atoms with Gasteiger partial charge in [0.25, 0.3) is 5.91 Å². The number of hydrogen-bond donors (Lipinski definition) is 7. The number of aliphatic hydroxyl groups is 1. The molecule has 8 rings (SSSR count). The van der Waals surface area contributed by atoms with Crippen molar-refractivity contribution >= 4 is 87.6 Å². The van der Waals surface area contributed by atoms with E-state index in [2.05, 4.69) is 26.3 Å². The highest BCUT2D eigenvalue weighted by Gasteiger charge is 2.51. The van der Waals surface area contributed by atoms with Crippen LogP contribution >= 0.6 is 30.3 Å². The Hall–Kier alpha value is -7.06. The van der Waals surface area contributed by atoms with E-state index in [9.17, 15) is 66.6 Å². The molecule has 8 amide bonds. The van der Waals surface area contributed by atoms with E-state index in [1.807, 2.05) is 68.4 Å². The molecule has 3 fully saturated rings. The molecule has 3 aromatic carbocycles. The van der Waals surface area contributed by atoms with Gasteiger partial charge in [0.1, 0.15) is 36.7 Å². The van der Waals surface area contributed by atoms with E-state index in [0.717, 1.165) is 50.7 Å². The van der Waals surface area contributed by atoms with Crippen LogP contribution in [0.3, 0.4) is 0 Å². The molecule has 3 aliphatic rings. The van der Waals surface area contributed by atoms with Gasteiger partial charge in [-0.3, -0.25) is 42.9 Å². The van der Waals surface area contributed by atoms with E-state index in [1.54, 1.807) is 47.1 Å². The minimum atomic E-state index is -5.90. The molecule has 3 aliphatic heterocycles. The zero-order valence-corrected chi connectivity index (χ0v) is 51.4. The van der Waals surface area contributed by atoms with Gasteiger partial charge in [0.05, 0.1) is 59.3 Å². The number of aryl methyl sites for hydroxylation is 1. The fourth-order valence-corrected chi connectivity index (χ4v) is 12.9. The summed E-state index contributed by atoms with van der Waals surface area (Å²) in [5.74, 6) is -5.50. The largest absolute Gasteiger partial charge is 0.399 e. The number of β-amino-alcohol motifs (C(OH)–C–C–N with tert-alkyl or cyclic N) is 1. The van der Waals surface area contributed by atoms with Gasteiger partial charge in [-0.25, -0.2) is 4.98 Å².